The molecule has 0 saturated carbocycles. The highest BCUT2D eigenvalue weighted by atomic mass is 32.2. The molecule has 0 spiro atoms. The van der Waals surface area contributed by atoms with E-state index in [9.17, 15) is 5.11 Å². The van der Waals surface area contributed by atoms with Gasteiger partial charge in [0.2, 0.25) is 0 Å². The molecule has 3 unspecified atom stereocenters. The zero-order chi connectivity index (χ0) is 9.42. The van der Waals surface area contributed by atoms with Crippen molar-refractivity contribution in [1.82, 2.24) is 0 Å². The van der Waals surface area contributed by atoms with Crippen molar-refractivity contribution in [3.05, 3.63) is 0 Å². The lowest BCUT2D eigenvalue weighted by Crippen LogP contribution is -2.36. The second-order valence-electron chi connectivity index (χ2n) is 3.44. The summed E-state index contributed by atoms with van der Waals surface area (Å²) in [6.45, 7) is 0.363. The van der Waals surface area contributed by atoms with E-state index < -0.39 is 6.10 Å². The Bertz CT molecular complexity index is 192. The summed E-state index contributed by atoms with van der Waals surface area (Å²) in [5, 5.41) is 9.73. The average Bonchev–Trinajstić information content (AvgIpc) is 2.65. The lowest BCUT2D eigenvalue weighted by molar-refractivity contribution is -0.0135. The monoisotopic (exact) mass is 205 g/mol. The van der Waals surface area contributed by atoms with Crippen molar-refractivity contribution in [2.24, 2.45) is 5.73 Å². The van der Waals surface area contributed by atoms with E-state index in [1.165, 1.54) is 0 Å². The summed E-state index contributed by atoms with van der Waals surface area (Å²) in [4.78, 5) is 0. The van der Waals surface area contributed by atoms with Crippen LogP contribution in [0.4, 0.5) is 0 Å². The quantitative estimate of drug-likeness (QED) is 0.639. The van der Waals surface area contributed by atoms with Crippen molar-refractivity contribution in [3.8, 4) is 0 Å². The van der Waals surface area contributed by atoms with E-state index in [4.69, 9.17) is 15.2 Å². The molecule has 0 bridgehead atoms. The van der Waals surface area contributed by atoms with Gasteiger partial charge in [0.15, 0.2) is 0 Å². The normalized spacial score (nSPS) is 49.6. The SMILES string of the molecule is CSC1CC2O[C@H](CN)[C@@H](O)C2O1. The molecule has 2 heterocycles. The largest absolute Gasteiger partial charge is 0.388 e. The van der Waals surface area contributed by atoms with E-state index in [-0.39, 0.29) is 23.7 Å². The number of fused-ring (bicyclic) bond motifs is 1. The molecule has 2 fully saturated rings. The highest BCUT2D eigenvalue weighted by molar-refractivity contribution is 7.99. The van der Waals surface area contributed by atoms with Gasteiger partial charge in [-0.1, -0.05) is 0 Å². The molecule has 0 amide bonds. The smallest absolute Gasteiger partial charge is 0.114 e. The number of hydrogen-bond acceptors (Lipinski definition) is 5. The first-order valence-electron chi connectivity index (χ1n) is 4.48. The second kappa shape index (κ2) is 3.74. The van der Waals surface area contributed by atoms with Crippen LogP contribution in [0.3, 0.4) is 0 Å². The van der Waals surface area contributed by atoms with Crippen molar-refractivity contribution in [1.29, 1.82) is 0 Å². The molecular formula is C8H15NO3S. The first-order chi connectivity index (χ1) is 6.26. The molecule has 2 aliphatic rings. The highest BCUT2D eigenvalue weighted by Gasteiger charge is 2.49. The van der Waals surface area contributed by atoms with E-state index in [2.05, 4.69) is 0 Å². The van der Waals surface area contributed by atoms with Gasteiger partial charge < -0.3 is 20.3 Å². The minimum atomic E-state index is -0.549. The van der Waals surface area contributed by atoms with Crippen LogP contribution < -0.4 is 5.73 Å². The number of thioether (sulfide) groups is 1. The summed E-state index contributed by atoms with van der Waals surface area (Å²) in [5.41, 5.74) is 5.62. The van der Waals surface area contributed by atoms with Crippen LogP contribution in [0.2, 0.25) is 0 Å². The van der Waals surface area contributed by atoms with E-state index in [0.29, 0.717) is 6.54 Å². The second-order valence-corrected chi connectivity index (χ2v) is 4.44. The molecule has 5 atom stereocenters. The third kappa shape index (κ3) is 1.59. The fraction of sp³-hybridized carbons (Fsp3) is 1.00. The van der Waals surface area contributed by atoms with Gasteiger partial charge in [0.1, 0.15) is 17.6 Å². The molecule has 0 aromatic carbocycles. The van der Waals surface area contributed by atoms with Crippen LogP contribution in [-0.2, 0) is 9.47 Å². The topological polar surface area (TPSA) is 64.7 Å². The predicted octanol–water partition coefficient (Wildman–Crippen LogP) is -0.449. The van der Waals surface area contributed by atoms with Crippen LogP contribution in [0.25, 0.3) is 0 Å². The van der Waals surface area contributed by atoms with Crippen LogP contribution in [0.5, 0.6) is 0 Å². The minimum Gasteiger partial charge on any atom is -0.388 e. The van der Waals surface area contributed by atoms with Crippen molar-refractivity contribution in [2.45, 2.75) is 36.3 Å². The molecule has 2 rings (SSSR count). The number of aliphatic hydroxyl groups is 1. The van der Waals surface area contributed by atoms with Gasteiger partial charge in [-0.2, -0.15) is 0 Å². The summed E-state index contributed by atoms with van der Waals surface area (Å²) in [6, 6.07) is 0. The maximum absolute atomic E-state index is 9.73. The number of hydrogen-bond donors (Lipinski definition) is 2. The van der Waals surface area contributed by atoms with Gasteiger partial charge in [-0.25, -0.2) is 0 Å². The molecule has 0 aromatic heterocycles. The lowest BCUT2D eigenvalue weighted by atomic mass is 10.1. The molecule has 0 aromatic rings. The molecular weight excluding hydrogens is 190 g/mol. The Morgan fingerprint density at radius 3 is 2.85 bits per heavy atom. The number of aliphatic hydroxyl groups excluding tert-OH is 1. The number of nitrogens with two attached hydrogens (primary N) is 1. The van der Waals surface area contributed by atoms with E-state index in [1.54, 1.807) is 11.8 Å². The molecule has 0 aliphatic carbocycles. The Labute approximate surface area is 81.8 Å². The summed E-state index contributed by atoms with van der Waals surface area (Å²) >= 11 is 1.66. The predicted molar refractivity (Wildman–Crippen MR) is 50.5 cm³/mol. The Kier molecular flexibility index (Phi) is 2.80. The molecule has 0 radical (unpaired) electrons. The Hall–Kier alpha value is 0.190. The maximum atomic E-state index is 9.73. The molecule has 2 aliphatic heterocycles. The summed E-state index contributed by atoms with van der Waals surface area (Å²) < 4.78 is 11.2. The van der Waals surface area contributed by atoms with Crippen molar-refractivity contribution < 1.29 is 14.6 Å². The molecule has 3 N–H and O–H groups in total. The minimum absolute atomic E-state index is 0.0426. The number of ether oxygens (including phenoxy) is 2. The van der Waals surface area contributed by atoms with Crippen LogP contribution in [0, 0.1) is 0 Å². The Morgan fingerprint density at radius 2 is 2.31 bits per heavy atom. The van der Waals surface area contributed by atoms with Crippen LogP contribution in [0.1, 0.15) is 6.42 Å². The van der Waals surface area contributed by atoms with Crippen molar-refractivity contribution in [2.75, 3.05) is 12.8 Å². The lowest BCUT2D eigenvalue weighted by Gasteiger charge is -2.17. The van der Waals surface area contributed by atoms with Crippen LogP contribution >= 0.6 is 11.8 Å². The van der Waals surface area contributed by atoms with Crippen LogP contribution in [-0.4, -0.2) is 47.8 Å². The Morgan fingerprint density at radius 1 is 1.54 bits per heavy atom. The van der Waals surface area contributed by atoms with Gasteiger partial charge in [0.05, 0.1) is 12.2 Å². The molecule has 4 nitrogen and oxygen atoms in total. The summed E-state index contributed by atoms with van der Waals surface area (Å²) in [5.74, 6) is 0. The van der Waals surface area contributed by atoms with Gasteiger partial charge in [-0.15, -0.1) is 11.8 Å². The highest BCUT2D eigenvalue weighted by Crippen LogP contribution is 2.37. The Balaban J connectivity index is 1.98. The maximum Gasteiger partial charge on any atom is 0.114 e. The van der Waals surface area contributed by atoms with E-state index in [1.807, 2.05) is 6.26 Å². The fourth-order valence-corrected chi connectivity index (χ4v) is 2.56. The third-order valence-electron chi connectivity index (χ3n) is 2.66. The van der Waals surface area contributed by atoms with Crippen molar-refractivity contribution in [3.63, 3.8) is 0 Å². The van der Waals surface area contributed by atoms with Crippen LogP contribution in [0.15, 0.2) is 0 Å². The van der Waals surface area contributed by atoms with Gasteiger partial charge in [0, 0.05) is 13.0 Å². The molecule has 2 saturated heterocycles. The average molecular weight is 205 g/mol. The first kappa shape index (κ1) is 9.73. The summed E-state index contributed by atoms with van der Waals surface area (Å²) in [7, 11) is 0. The fourth-order valence-electron chi connectivity index (χ4n) is 1.94. The third-order valence-corrected chi connectivity index (χ3v) is 3.49. The van der Waals surface area contributed by atoms with Gasteiger partial charge in [-0.3, -0.25) is 0 Å². The van der Waals surface area contributed by atoms with Gasteiger partial charge in [0.25, 0.3) is 0 Å². The number of rotatable bonds is 2. The van der Waals surface area contributed by atoms with Crippen molar-refractivity contribution >= 4 is 11.8 Å². The first-order valence-corrected chi connectivity index (χ1v) is 5.77. The summed E-state index contributed by atoms with van der Waals surface area (Å²) in [6.07, 6.45) is 1.95. The van der Waals surface area contributed by atoms with E-state index >= 15 is 0 Å². The zero-order valence-electron chi connectivity index (χ0n) is 7.55. The van der Waals surface area contributed by atoms with E-state index in [0.717, 1.165) is 6.42 Å². The molecule has 13 heavy (non-hydrogen) atoms. The van der Waals surface area contributed by atoms with Gasteiger partial charge in [-0.05, 0) is 6.26 Å². The zero-order valence-corrected chi connectivity index (χ0v) is 8.37. The molecule has 5 heteroatoms. The van der Waals surface area contributed by atoms with Gasteiger partial charge >= 0.3 is 0 Å². The standard InChI is InChI=1S/C8H15NO3S/c1-13-6-2-4-8(12-6)7(10)5(3-9)11-4/h4-8,10H,2-3,9H2,1H3/t4?,5-,6?,7-,8?/m1/s1. The molecule has 76 valence electrons.